The molecule has 7 heteroatoms. The third-order valence-corrected chi connectivity index (χ3v) is 5.33. The predicted molar refractivity (Wildman–Crippen MR) is 119 cm³/mol. The van der Waals surface area contributed by atoms with Crippen LogP contribution in [-0.4, -0.2) is 22.9 Å². The maximum absolute atomic E-state index is 13.0. The van der Waals surface area contributed by atoms with Crippen LogP contribution in [0.3, 0.4) is 0 Å². The SMILES string of the molecule is CCOC(=O)C(=O)c1cn(Cc2ccccc2)c2cccc(-c3ccc(C(F)(F)F)cc3)c12. The second-order valence-electron chi connectivity index (χ2n) is 7.48. The molecule has 0 saturated carbocycles. The van der Waals surface area contributed by atoms with E-state index in [1.54, 1.807) is 25.3 Å². The first-order valence-electron chi connectivity index (χ1n) is 10.3. The van der Waals surface area contributed by atoms with Gasteiger partial charge in [0.2, 0.25) is 0 Å². The fourth-order valence-corrected chi connectivity index (χ4v) is 3.82. The van der Waals surface area contributed by atoms with Crippen LogP contribution in [0.5, 0.6) is 0 Å². The van der Waals surface area contributed by atoms with Crippen LogP contribution < -0.4 is 0 Å². The zero-order chi connectivity index (χ0) is 23.6. The summed E-state index contributed by atoms with van der Waals surface area (Å²) in [7, 11) is 0. The molecule has 0 saturated heterocycles. The molecule has 4 nitrogen and oxygen atoms in total. The van der Waals surface area contributed by atoms with E-state index in [-0.39, 0.29) is 12.2 Å². The number of benzene rings is 3. The zero-order valence-electron chi connectivity index (χ0n) is 17.7. The number of aromatic nitrogens is 1. The Morgan fingerprint density at radius 1 is 0.909 bits per heavy atom. The highest BCUT2D eigenvalue weighted by Gasteiger charge is 2.30. The minimum absolute atomic E-state index is 0.0546. The van der Waals surface area contributed by atoms with Crippen molar-refractivity contribution in [2.75, 3.05) is 6.61 Å². The van der Waals surface area contributed by atoms with Gasteiger partial charge in [-0.3, -0.25) is 4.79 Å². The number of hydrogen-bond donors (Lipinski definition) is 0. The number of esters is 1. The lowest BCUT2D eigenvalue weighted by Gasteiger charge is -2.10. The van der Waals surface area contributed by atoms with Crippen LogP contribution in [0.4, 0.5) is 13.2 Å². The maximum atomic E-state index is 13.0. The smallest absolute Gasteiger partial charge is 0.416 e. The molecule has 0 bridgehead atoms. The Hall–Kier alpha value is -3.87. The average Bonchev–Trinajstić information content (AvgIpc) is 3.17. The molecule has 1 aromatic heterocycles. The summed E-state index contributed by atoms with van der Waals surface area (Å²) in [5, 5.41) is 0.492. The van der Waals surface area contributed by atoms with Gasteiger partial charge in [-0.1, -0.05) is 54.6 Å². The number of ketones is 1. The van der Waals surface area contributed by atoms with E-state index >= 15 is 0 Å². The summed E-state index contributed by atoms with van der Waals surface area (Å²) in [5.41, 5.74) is 2.12. The van der Waals surface area contributed by atoms with E-state index in [1.807, 2.05) is 41.0 Å². The molecular weight excluding hydrogens is 431 g/mol. The van der Waals surface area contributed by atoms with Crippen molar-refractivity contribution in [2.45, 2.75) is 19.6 Å². The highest BCUT2D eigenvalue weighted by molar-refractivity contribution is 6.43. The van der Waals surface area contributed by atoms with E-state index in [0.29, 0.717) is 28.6 Å². The number of fused-ring (bicyclic) bond motifs is 1. The van der Waals surface area contributed by atoms with Gasteiger partial charge in [0, 0.05) is 23.6 Å². The van der Waals surface area contributed by atoms with Crippen molar-refractivity contribution in [3.63, 3.8) is 0 Å². The van der Waals surface area contributed by atoms with Gasteiger partial charge in [-0.15, -0.1) is 0 Å². The number of hydrogen-bond acceptors (Lipinski definition) is 3. The maximum Gasteiger partial charge on any atom is 0.416 e. The van der Waals surface area contributed by atoms with Crippen LogP contribution >= 0.6 is 0 Å². The number of ether oxygens (including phenoxy) is 1. The summed E-state index contributed by atoms with van der Waals surface area (Å²) in [6, 6.07) is 19.6. The molecule has 0 unspecified atom stereocenters. The fraction of sp³-hybridized carbons (Fsp3) is 0.154. The van der Waals surface area contributed by atoms with Crippen molar-refractivity contribution in [3.05, 3.63) is 95.7 Å². The lowest BCUT2D eigenvalue weighted by atomic mass is 9.97. The van der Waals surface area contributed by atoms with E-state index < -0.39 is 23.5 Å². The molecule has 0 aliphatic carbocycles. The van der Waals surface area contributed by atoms with Gasteiger partial charge in [0.05, 0.1) is 17.7 Å². The molecule has 0 spiro atoms. The highest BCUT2D eigenvalue weighted by Crippen LogP contribution is 2.36. The standard InChI is InChI=1S/C26H20F3NO3/c1-2-33-25(32)24(31)21-16-30(15-17-7-4-3-5-8-17)22-10-6-9-20(23(21)22)18-11-13-19(14-12-18)26(27,28)29/h3-14,16H,2,15H2,1H3. The van der Waals surface area contributed by atoms with E-state index in [2.05, 4.69) is 0 Å². The Morgan fingerprint density at radius 3 is 2.24 bits per heavy atom. The van der Waals surface area contributed by atoms with Gasteiger partial charge in [0.1, 0.15) is 0 Å². The normalized spacial score (nSPS) is 11.5. The minimum atomic E-state index is -4.45. The Labute approximate surface area is 188 Å². The van der Waals surface area contributed by atoms with Crippen LogP contribution in [0, 0.1) is 0 Å². The summed E-state index contributed by atoms with van der Waals surface area (Å²) in [5.74, 6) is -1.77. The van der Waals surface area contributed by atoms with Crippen molar-refractivity contribution >= 4 is 22.7 Å². The number of nitrogens with zero attached hydrogens (tertiary/aromatic N) is 1. The molecule has 0 aliphatic rings. The van der Waals surface area contributed by atoms with E-state index in [9.17, 15) is 22.8 Å². The number of carbonyl (C=O) groups is 2. The molecule has 0 atom stereocenters. The number of halogens is 3. The van der Waals surface area contributed by atoms with Gasteiger partial charge in [0.25, 0.3) is 5.78 Å². The lowest BCUT2D eigenvalue weighted by molar-refractivity contribution is -0.138. The fourth-order valence-electron chi connectivity index (χ4n) is 3.82. The number of alkyl halides is 3. The monoisotopic (exact) mass is 451 g/mol. The topological polar surface area (TPSA) is 48.3 Å². The van der Waals surface area contributed by atoms with Crippen molar-refractivity contribution in [2.24, 2.45) is 0 Å². The van der Waals surface area contributed by atoms with Crippen molar-refractivity contribution in [1.29, 1.82) is 0 Å². The first kappa shape index (κ1) is 22.3. The number of rotatable bonds is 6. The van der Waals surface area contributed by atoms with E-state index in [0.717, 1.165) is 17.7 Å². The Bertz CT molecular complexity index is 1310. The lowest BCUT2D eigenvalue weighted by Crippen LogP contribution is -2.17. The molecule has 168 valence electrons. The summed E-state index contributed by atoms with van der Waals surface area (Å²) in [6.07, 6.45) is -2.85. The van der Waals surface area contributed by atoms with Crippen molar-refractivity contribution < 1.29 is 27.5 Å². The van der Waals surface area contributed by atoms with Crippen LogP contribution in [0.2, 0.25) is 0 Å². The molecule has 4 aromatic rings. The quantitative estimate of drug-likeness (QED) is 0.202. The first-order chi connectivity index (χ1) is 15.8. The third kappa shape index (κ3) is 4.53. The van der Waals surface area contributed by atoms with Gasteiger partial charge in [-0.25, -0.2) is 4.79 Å². The van der Waals surface area contributed by atoms with Crippen molar-refractivity contribution in [1.82, 2.24) is 4.57 Å². The number of carbonyl (C=O) groups excluding carboxylic acids is 2. The molecule has 0 fully saturated rings. The molecule has 0 radical (unpaired) electrons. The van der Waals surface area contributed by atoms with Gasteiger partial charge < -0.3 is 9.30 Å². The van der Waals surface area contributed by atoms with Crippen LogP contribution in [-0.2, 0) is 22.3 Å². The zero-order valence-corrected chi connectivity index (χ0v) is 17.7. The Balaban J connectivity index is 1.89. The molecule has 4 rings (SSSR count). The summed E-state index contributed by atoms with van der Waals surface area (Å²) in [4.78, 5) is 25.2. The average molecular weight is 451 g/mol. The largest absolute Gasteiger partial charge is 0.460 e. The van der Waals surface area contributed by atoms with Gasteiger partial charge >= 0.3 is 12.1 Å². The Kier molecular flexibility index (Phi) is 6.05. The molecule has 1 heterocycles. The summed E-state index contributed by atoms with van der Waals surface area (Å²) < 4.78 is 45.8. The molecule has 0 amide bonds. The second kappa shape index (κ2) is 8.94. The van der Waals surface area contributed by atoms with Gasteiger partial charge in [-0.05, 0) is 41.8 Å². The first-order valence-corrected chi connectivity index (χ1v) is 10.3. The van der Waals surface area contributed by atoms with Crippen LogP contribution in [0.1, 0.15) is 28.4 Å². The minimum Gasteiger partial charge on any atom is -0.460 e. The highest BCUT2D eigenvalue weighted by atomic mass is 19.4. The summed E-state index contributed by atoms with van der Waals surface area (Å²) in [6.45, 7) is 2.11. The van der Waals surface area contributed by atoms with Gasteiger partial charge in [0.15, 0.2) is 0 Å². The second-order valence-corrected chi connectivity index (χ2v) is 7.48. The molecule has 0 aliphatic heterocycles. The predicted octanol–water partition coefficient (Wildman–Crippen LogP) is 6.12. The Morgan fingerprint density at radius 2 is 1.61 bits per heavy atom. The molecule has 3 aromatic carbocycles. The molecule has 33 heavy (non-hydrogen) atoms. The van der Waals surface area contributed by atoms with Gasteiger partial charge in [-0.2, -0.15) is 13.2 Å². The van der Waals surface area contributed by atoms with E-state index in [4.69, 9.17) is 4.74 Å². The summed E-state index contributed by atoms with van der Waals surface area (Å²) >= 11 is 0. The van der Waals surface area contributed by atoms with Crippen molar-refractivity contribution in [3.8, 4) is 11.1 Å². The third-order valence-electron chi connectivity index (χ3n) is 5.33. The molecular formula is C26H20F3NO3. The van der Waals surface area contributed by atoms with Crippen LogP contribution in [0.25, 0.3) is 22.0 Å². The molecule has 0 N–H and O–H groups in total. The number of Topliss-reactive ketones (excluding diaryl/α,β-unsaturated/α-hetero) is 1. The van der Waals surface area contributed by atoms with E-state index in [1.165, 1.54) is 12.1 Å². The van der Waals surface area contributed by atoms with Crippen LogP contribution in [0.15, 0.2) is 79.0 Å².